The van der Waals surface area contributed by atoms with E-state index in [2.05, 4.69) is 15.4 Å². The third kappa shape index (κ3) is 5.62. The van der Waals surface area contributed by atoms with Gasteiger partial charge in [0.25, 0.3) is 0 Å². The minimum Gasteiger partial charge on any atom is -0.468 e. The SMILES string of the molecule is CCNC(=O)NC(=O)CN[C@H](C(=O)OC)c1cc(F)ccc1F. The molecule has 3 amide bonds. The number of esters is 1. The average Bonchev–Trinajstić information content (AvgIpc) is 2.50. The molecule has 0 aliphatic carbocycles. The van der Waals surface area contributed by atoms with Crippen LogP contribution in [0.3, 0.4) is 0 Å². The minimum absolute atomic E-state index is 0.303. The Hall–Kier alpha value is -2.55. The summed E-state index contributed by atoms with van der Waals surface area (Å²) in [5, 5.41) is 6.77. The molecule has 0 spiro atoms. The minimum atomic E-state index is -1.39. The Bertz CT molecular complexity index is 595. The molecular formula is C14H17F2N3O4. The van der Waals surface area contributed by atoms with Crippen molar-refractivity contribution in [3.05, 3.63) is 35.4 Å². The lowest BCUT2D eigenvalue weighted by atomic mass is 10.1. The van der Waals surface area contributed by atoms with E-state index >= 15 is 0 Å². The lowest BCUT2D eigenvalue weighted by Gasteiger charge is -2.17. The Morgan fingerprint density at radius 2 is 1.96 bits per heavy atom. The summed E-state index contributed by atoms with van der Waals surface area (Å²) in [4.78, 5) is 34.5. The van der Waals surface area contributed by atoms with Crippen molar-refractivity contribution in [1.82, 2.24) is 16.0 Å². The largest absolute Gasteiger partial charge is 0.468 e. The zero-order chi connectivity index (χ0) is 17.4. The van der Waals surface area contributed by atoms with Crippen molar-refractivity contribution in [3.8, 4) is 0 Å². The molecule has 9 heteroatoms. The maximum Gasteiger partial charge on any atom is 0.327 e. The molecule has 0 heterocycles. The number of ether oxygens (including phenoxy) is 1. The van der Waals surface area contributed by atoms with Crippen LogP contribution < -0.4 is 16.0 Å². The quantitative estimate of drug-likeness (QED) is 0.665. The van der Waals surface area contributed by atoms with Gasteiger partial charge in [0, 0.05) is 12.1 Å². The molecule has 1 aromatic rings. The predicted molar refractivity (Wildman–Crippen MR) is 76.3 cm³/mol. The Morgan fingerprint density at radius 1 is 1.26 bits per heavy atom. The third-order valence-electron chi connectivity index (χ3n) is 2.76. The molecule has 126 valence electrons. The van der Waals surface area contributed by atoms with Gasteiger partial charge in [-0.15, -0.1) is 0 Å². The Balaban J connectivity index is 2.80. The normalized spacial score (nSPS) is 11.5. The molecular weight excluding hydrogens is 312 g/mol. The monoisotopic (exact) mass is 329 g/mol. The second-order valence-corrected chi connectivity index (χ2v) is 4.41. The first kappa shape index (κ1) is 18.5. The number of carbonyl (C=O) groups is 3. The topological polar surface area (TPSA) is 96.5 Å². The van der Waals surface area contributed by atoms with Crippen molar-refractivity contribution in [2.24, 2.45) is 0 Å². The van der Waals surface area contributed by atoms with Crippen LogP contribution in [0, 0.1) is 11.6 Å². The fourth-order valence-electron chi connectivity index (χ4n) is 1.74. The Morgan fingerprint density at radius 3 is 2.57 bits per heavy atom. The smallest absolute Gasteiger partial charge is 0.327 e. The van der Waals surface area contributed by atoms with E-state index < -0.39 is 42.1 Å². The van der Waals surface area contributed by atoms with Gasteiger partial charge >= 0.3 is 12.0 Å². The van der Waals surface area contributed by atoms with E-state index in [1.807, 2.05) is 5.32 Å². The molecule has 1 rings (SSSR count). The molecule has 0 aliphatic heterocycles. The molecule has 1 atom stereocenters. The second kappa shape index (κ2) is 8.79. The van der Waals surface area contributed by atoms with Crippen molar-refractivity contribution < 1.29 is 27.9 Å². The molecule has 0 bridgehead atoms. The van der Waals surface area contributed by atoms with Crippen LogP contribution in [-0.4, -0.2) is 38.1 Å². The zero-order valence-corrected chi connectivity index (χ0v) is 12.6. The molecule has 0 saturated heterocycles. The molecule has 0 unspecified atom stereocenters. The van der Waals surface area contributed by atoms with Crippen LogP contribution >= 0.6 is 0 Å². The number of amides is 3. The summed E-state index contributed by atoms with van der Waals surface area (Å²) < 4.78 is 31.5. The highest BCUT2D eigenvalue weighted by molar-refractivity contribution is 5.95. The molecule has 0 aromatic heterocycles. The van der Waals surface area contributed by atoms with E-state index in [0.717, 1.165) is 25.3 Å². The highest BCUT2D eigenvalue weighted by Crippen LogP contribution is 2.19. The summed E-state index contributed by atoms with van der Waals surface area (Å²) >= 11 is 0. The van der Waals surface area contributed by atoms with Gasteiger partial charge in [-0.1, -0.05) is 0 Å². The molecule has 23 heavy (non-hydrogen) atoms. The Labute approximate surface area is 131 Å². The van der Waals surface area contributed by atoms with E-state index in [4.69, 9.17) is 0 Å². The number of nitrogens with one attached hydrogen (secondary N) is 3. The molecule has 0 radical (unpaired) electrons. The van der Waals surface area contributed by atoms with Crippen LogP contribution in [0.2, 0.25) is 0 Å². The first-order valence-electron chi connectivity index (χ1n) is 6.72. The Kier molecular flexibility index (Phi) is 7.07. The number of halogens is 2. The second-order valence-electron chi connectivity index (χ2n) is 4.41. The number of rotatable bonds is 6. The summed E-state index contributed by atoms with van der Waals surface area (Å²) in [7, 11) is 1.07. The van der Waals surface area contributed by atoms with Gasteiger partial charge in [-0.25, -0.2) is 18.4 Å². The number of imide groups is 1. The number of urea groups is 1. The number of carbonyl (C=O) groups excluding carboxylic acids is 3. The number of methoxy groups -OCH3 is 1. The molecule has 0 fully saturated rings. The molecule has 0 saturated carbocycles. The maximum absolute atomic E-state index is 13.8. The van der Waals surface area contributed by atoms with Crippen molar-refractivity contribution in [2.75, 3.05) is 20.2 Å². The molecule has 0 aliphatic rings. The van der Waals surface area contributed by atoms with Gasteiger partial charge in [-0.3, -0.25) is 15.4 Å². The number of hydrogen-bond acceptors (Lipinski definition) is 5. The molecule has 7 nitrogen and oxygen atoms in total. The summed E-state index contributed by atoms with van der Waals surface area (Å²) in [6.07, 6.45) is 0. The fraction of sp³-hybridized carbons (Fsp3) is 0.357. The van der Waals surface area contributed by atoms with Crippen molar-refractivity contribution in [1.29, 1.82) is 0 Å². The van der Waals surface area contributed by atoms with Gasteiger partial charge in [-0.2, -0.15) is 0 Å². The van der Waals surface area contributed by atoms with E-state index in [9.17, 15) is 23.2 Å². The standard InChI is InChI=1S/C14H17F2N3O4/c1-3-17-14(22)19-11(20)7-18-12(13(21)23-2)9-6-8(15)4-5-10(9)16/h4-6,12,18H,3,7H2,1-2H3,(H2,17,19,20,22)/t12-/m0/s1. The highest BCUT2D eigenvalue weighted by Gasteiger charge is 2.25. The van der Waals surface area contributed by atoms with Gasteiger partial charge in [0.15, 0.2) is 0 Å². The van der Waals surface area contributed by atoms with Gasteiger partial charge in [0.2, 0.25) is 5.91 Å². The van der Waals surface area contributed by atoms with Crippen molar-refractivity contribution in [2.45, 2.75) is 13.0 Å². The first-order valence-corrected chi connectivity index (χ1v) is 6.72. The maximum atomic E-state index is 13.8. The summed E-state index contributed by atoms with van der Waals surface area (Å²) in [5.41, 5.74) is -0.303. The van der Waals surface area contributed by atoms with E-state index in [-0.39, 0.29) is 5.56 Å². The summed E-state index contributed by atoms with van der Waals surface area (Å²) in [5.74, 6) is -3.23. The zero-order valence-electron chi connectivity index (χ0n) is 12.6. The van der Waals surface area contributed by atoms with Crippen LogP contribution in [0.4, 0.5) is 13.6 Å². The van der Waals surface area contributed by atoms with Crippen LogP contribution in [0.1, 0.15) is 18.5 Å². The van der Waals surface area contributed by atoms with Gasteiger partial charge in [0.1, 0.15) is 17.7 Å². The van der Waals surface area contributed by atoms with Crippen molar-refractivity contribution in [3.63, 3.8) is 0 Å². The van der Waals surface area contributed by atoms with E-state index in [0.29, 0.717) is 6.54 Å². The van der Waals surface area contributed by atoms with Crippen LogP contribution in [-0.2, 0) is 14.3 Å². The summed E-state index contributed by atoms with van der Waals surface area (Å²) in [6, 6.07) is 0.485. The van der Waals surface area contributed by atoms with E-state index in [1.165, 1.54) is 0 Å². The van der Waals surface area contributed by atoms with Gasteiger partial charge < -0.3 is 10.1 Å². The summed E-state index contributed by atoms with van der Waals surface area (Å²) in [6.45, 7) is 1.51. The van der Waals surface area contributed by atoms with E-state index in [1.54, 1.807) is 6.92 Å². The lowest BCUT2D eigenvalue weighted by molar-refractivity contribution is -0.143. The number of hydrogen-bond donors (Lipinski definition) is 3. The lowest BCUT2D eigenvalue weighted by Crippen LogP contribution is -2.45. The fourth-order valence-corrected chi connectivity index (χ4v) is 1.74. The van der Waals surface area contributed by atoms with Crippen LogP contribution in [0.5, 0.6) is 0 Å². The van der Waals surface area contributed by atoms with Gasteiger partial charge in [-0.05, 0) is 25.1 Å². The van der Waals surface area contributed by atoms with Gasteiger partial charge in [0.05, 0.1) is 13.7 Å². The predicted octanol–water partition coefficient (Wildman–Crippen LogP) is 0.614. The molecule has 3 N–H and O–H groups in total. The number of benzene rings is 1. The van der Waals surface area contributed by atoms with Crippen LogP contribution in [0.15, 0.2) is 18.2 Å². The third-order valence-corrected chi connectivity index (χ3v) is 2.76. The highest BCUT2D eigenvalue weighted by atomic mass is 19.1. The molecule has 1 aromatic carbocycles. The first-order chi connectivity index (χ1) is 10.9. The average molecular weight is 329 g/mol. The van der Waals surface area contributed by atoms with Crippen LogP contribution in [0.25, 0.3) is 0 Å². The van der Waals surface area contributed by atoms with Crippen molar-refractivity contribution >= 4 is 17.9 Å².